The molecule has 7 heteroatoms. The molecule has 0 saturated heterocycles. The van der Waals surface area contributed by atoms with Crippen LogP contribution in [0, 0.1) is 13.8 Å². The van der Waals surface area contributed by atoms with Crippen molar-refractivity contribution in [3.05, 3.63) is 40.8 Å². The zero-order valence-electron chi connectivity index (χ0n) is 15.0. The first-order valence-electron chi connectivity index (χ1n) is 8.14. The number of likely N-dealkylation sites (N-methyl/N-ethyl adjacent to an activating group) is 1. The molecule has 1 heterocycles. The highest BCUT2D eigenvalue weighted by Crippen LogP contribution is 2.30. The van der Waals surface area contributed by atoms with E-state index < -0.39 is 0 Å². The number of rotatable bonds is 8. The van der Waals surface area contributed by atoms with Crippen molar-refractivity contribution in [1.82, 2.24) is 10.1 Å². The van der Waals surface area contributed by atoms with Gasteiger partial charge in [-0.15, -0.1) is 0 Å². The minimum Gasteiger partial charge on any atom is -0.493 e. The van der Waals surface area contributed by atoms with Crippen LogP contribution < -0.4 is 9.47 Å². The molecule has 1 N–H and O–H groups in total. The largest absolute Gasteiger partial charge is 0.493 e. The summed E-state index contributed by atoms with van der Waals surface area (Å²) in [5, 5.41) is 13.0. The highest BCUT2D eigenvalue weighted by atomic mass is 16.5. The topological polar surface area (TPSA) is 85.0 Å². The average Bonchev–Trinajstić information content (AvgIpc) is 2.95. The molecule has 0 radical (unpaired) electrons. The lowest BCUT2D eigenvalue weighted by molar-refractivity contribution is 0.0731. The minimum atomic E-state index is -0.160. The van der Waals surface area contributed by atoms with E-state index in [1.165, 1.54) is 7.11 Å². The molecule has 0 fully saturated rings. The third-order valence-corrected chi connectivity index (χ3v) is 4.00. The van der Waals surface area contributed by atoms with Crippen molar-refractivity contribution in [1.29, 1.82) is 0 Å². The molecule has 0 spiro atoms. The summed E-state index contributed by atoms with van der Waals surface area (Å²) in [4.78, 5) is 14.0. The third-order valence-electron chi connectivity index (χ3n) is 4.00. The van der Waals surface area contributed by atoms with Gasteiger partial charge in [-0.25, -0.2) is 0 Å². The molecule has 2 aromatic rings. The Morgan fingerprint density at radius 1 is 1.32 bits per heavy atom. The van der Waals surface area contributed by atoms with Gasteiger partial charge in [0, 0.05) is 18.7 Å². The van der Waals surface area contributed by atoms with Gasteiger partial charge in [0.1, 0.15) is 12.4 Å². The smallest absolute Gasteiger partial charge is 0.254 e. The lowest BCUT2D eigenvalue weighted by Gasteiger charge is -2.20. The molecule has 0 aliphatic carbocycles. The number of aliphatic hydroxyl groups excluding tert-OH is 1. The van der Waals surface area contributed by atoms with E-state index in [0.29, 0.717) is 42.5 Å². The average molecular weight is 348 g/mol. The van der Waals surface area contributed by atoms with Crippen molar-refractivity contribution in [2.45, 2.75) is 27.4 Å². The third kappa shape index (κ3) is 4.30. The van der Waals surface area contributed by atoms with E-state index in [2.05, 4.69) is 5.16 Å². The molecular weight excluding hydrogens is 324 g/mol. The molecular formula is C18H24N2O5. The van der Waals surface area contributed by atoms with E-state index in [9.17, 15) is 4.79 Å². The van der Waals surface area contributed by atoms with Gasteiger partial charge < -0.3 is 24.0 Å². The quantitative estimate of drug-likeness (QED) is 0.788. The number of carbonyl (C=O) groups excluding carboxylic acids is 1. The fourth-order valence-corrected chi connectivity index (χ4v) is 2.48. The van der Waals surface area contributed by atoms with Crippen LogP contribution >= 0.6 is 0 Å². The molecule has 136 valence electrons. The highest BCUT2D eigenvalue weighted by molar-refractivity contribution is 5.95. The minimum absolute atomic E-state index is 0.0741. The zero-order valence-corrected chi connectivity index (χ0v) is 15.0. The van der Waals surface area contributed by atoms with Crippen molar-refractivity contribution in [3.8, 4) is 11.5 Å². The van der Waals surface area contributed by atoms with Crippen LogP contribution in [0.15, 0.2) is 22.7 Å². The summed E-state index contributed by atoms with van der Waals surface area (Å²) in [7, 11) is 1.53. The zero-order chi connectivity index (χ0) is 18.4. The fourth-order valence-electron chi connectivity index (χ4n) is 2.48. The standard InChI is InChI=1S/C18H24N2O5/c1-5-20(8-9-21)18(22)14-6-7-16(17(10-14)23-4)24-11-15-12(2)19-25-13(15)3/h6-7,10,21H,5,8-9,11H2,1-4H3. The van der Waals surface area contributed by atoms with Crippen molar-refractivity contribution in [3.63, 3.8) is 0 Å². The number of aryl methyl sites for hydroxylation is 2. The van der Waals surface area contributed by atoms with Crippen molar-refractivity contribution >= 4 is 5.91 Å². The maximum atomic E-state index is 12.5. The second kappa shape index (κ2) is 8.53. The summed E-state index contributed by atoms with van der Waals surface area (Å²) in [6.45, 7) is 6.60. The first kappa shape index (κ1) is 18.8. The summed E-state index contributed by atoms with van der Waals surface area (Å²) in [5.74, 6) is 1.56. The van der Waals surface area contributed by atoms with E-state index in [-0.39, 0.29) is 12.5 Å². The number of benzene rings is 1. The van der Waals surface area contributed by atoms with Crippen molar-refractivity contribution in [2.75, 3.05) is 26.8 Å². The Morgan fingerprint density at radius 2 is 2.08 bits per heavy atom. The lowest BCUT2D eigenvalue weighted by atomic mass is 10.1. The number of carbonyl (C=O) groups is 1. The van der Waals surface area contributed by atoms with E-state index in [0.717, 1.165) is 11.3 Å². The SMILES string of the molecule is CCN(CCO)C(=O)c1ccc(OCc2c(C)noc2C)c(OC)c1. The molecule has 2 rings (SSSR count). The number of ether oxygens (including phenoxy) is 2. The van der Waals surface area contributed by atoms with Crippen LogP contribution in [0.1, 0.15) is 34.3 Å². The number of methoxy groups -OCH3 is 1. The second-order valence-electron chi connectivity index (χ2n) is 5.57. The lowest BCUT2D eigenvalue weighted by Crippen LogP contribution is -2.33. The van der Waals surface area contributed by atoms with Crippen molar-refractivity contribution in [2.24, 2.45) is 0 Å². The van der Waals surface area contributed by atoms with Crippen LogP contribution in [-0.2, 0) is 6.61 Å². The maximum Gasteiger partial charge on any atom is 0.254 e. The molecule has 0 saturated carbocycles. The Labute approximate surface area is 147 Å². The summed E-state index contributed by atoms with van der Waals surface area (Å²) < 4.78 is 16.3. The molecule has 0 aliphatic rings. The summed E-state index contributed by atoms with van der Waals surface area (Å²) in [5.41, 5.74) is 2.16. The van der Waals surface area contributed by atoms with Crippen LogP contribution in [0.4, 0.5) is 0 Å². The van der Waals surface area contributed by atoms with E-state index >= 15 is 0 Å². The maximum absolute atomic E-state index is 12.5. The van der Waals surface area contributed by atoms with Crippen LogP contribution in [-0.4, -0.2) is 47.9 Å². The molecule has 1 aromatic heterocycles. The predicted octanol–water partition coefficient (Wildman–Crippen LogP) is 2.33. The first-order chi connectivity index (χ1) is 12.0. The van der Waals surface area contributed by atoms with Crippen LogP contribution in [0.5, 0.6) is 11.5 Å². The highest BCUT2D eigenvalue weighted by Gasteiger charge is 2.17. The van der Waals surface area contributed by atoms with Gasteiger partial charge in [-0.2, -0.15) is 0 Å². The molecule has 25 heavy (non-hydrogen) atoms. The molecule has 1 aromatic carbocycles. The Balaban J connectivity index is 2.17. The van der Waals surface area contributed by atoms with E-state index in [1.54, 1.807) is 23.1 Å². The molecule has 7 nitrogen and oxygen atoms in total. The molecule has 0 unspecified atom stereocenters. The Morgan fingerprint density at radius 3 is 2.64 bits per heavy atom. The van der Waals surface area contributed by atoms with Gasteiger partial charge in [0.2, 0.25) is 0 Å². The van der Waals surface area contributed by atoms with Gasteiger partial charge in [-0.05, 0) is 39.0 Å². The van der Waals surface area contributed by atoms with Gasteiger partial charge in [0.25, 0.3) is 5.91 Å². The van der Waals surface area contributed by atoms with Gasteiger partial charge in [-0.3, -0.25) is 4.79 Å². The summed E-state index contributed by atoms with van der Waals surface area (Å²) in [6.07, 6.45) is 0. The van der Waals surface area contributed by atoms with Crippen LogP contribution in [0.2, 0.25) is 0 Å². The second-order valence-corrected chi connectivity index (χ2v) is 5.57. The number of aromatic nitrogens is 1. The number of amides is 1. The number of hydrogen-bond donors (Lipinski definition) is 1. The molecule has 0 aliphatic heterocycles. The summed E-state index contributed by atoms with van der Waals surface area (Å²) >= 11 is 0. The Kier molecular flexibility index (Phi) is 6.41. The predicted molar refractivity (Wildman–Crippen MR) is 92.0 cm³/mol. The summed E-state index contributed by atoms with van der Waals surface area (Å²) in [6, 6.07) is 5.04. The number of aliphatic hydroxyl groups is 1. The molecule has 0 bridgehead atoms. The van der Waals surface area contributed by atoms with Gasteiger partial charge in [0.05, 0.1) is 25.0 Å². The number of nitrogens with zero attached hydrogens (tertiary/aromatic N) is 2. The van der Waals surface area contributed by atoms with Crippen molar-refractivity contribution < 1.29 is 23.9 Å². The van der Waals surface area contributed by atoms with Crippen LogP contribution in [0.3, 0.4) is 0 Å². The first-order valence-corrected chi connectivity index (χ1v) is 8.14. The Hall–Kier alpha value is -2.54. The Bertz CT molecular complexity index is 707. The van der Waals surface area contributed by atoms with E-state index in [4.69, 9.17) is 19.1 Å². The van der Waals surface area contributed by atoms with E-state index in [1.807, 2.05) is 20.8 Å². The monoisotopic (exact) mass is 348 g/mol. The number of hydrogen-bond acceptors (Lipinski definition) is 6. The molecule has 0 atom stereocenters. The normalized spacial score (nSPS) is 10.6. The van der Waals surface area contributed by atoms with Gasteiger partial charge in [-0.1, -0.05) is 5.16 Å². The van der Waals surface area contributed by atoms with Gasteiger partial charge >= 0.3 is 0 Å². The van der Waals surface area contributed by atoms with Gasteiger partial charge in [0.15, 0.2) is 11.5 Å². The molecule has 1 amide bonds. The fraction of sp³-hybridized carbons (Fsp3) is 0.444. The van der Waals surface area contributed by atoms with Crippen LogP contribution in [0.25, 0.3) is 0 Å².